The minimum Gasteiger partial charge on any atom is -0.325 e. The van der Waals surface area contributed by atoms with Crippen LogP contribution in [0.5, 0.6) is 0 Å². The van der Waals surface area contributed by atoms with Crippen molar-refractivity contribution in [2.45, 2.75) is 52.4 Å². The van der Waals surface area contributed by atoms with Gasteiger partial charge in [-0.05, 0) is 46.2 Å². The van der Waals surface area contributed by atoms with E-state index >= 15 is 0 Å². The zero-order valence-electron chi connectivity index (χ0n) is 21.3. The lowest BCUT2D eigenvalue weighted by Gasteiger charge is -2.19. The fourth-order valence-corrected chi connectivity index (χ4v) is 3.74. The lowest BCUT2D eigenvalue weighted by Crippen LogP contribution is -2.10. The summed E-state index contributed by atoms with van der Waals surface area (Å²) >= 11 is 7.33. The second-order valence-corrected chi connectivity index (χ2v) is 10.6. The molecule has 0 saturated heterocycles. The molecule has 0 unspecified atom stereocenters. The smallest absolute Gasteiger partial charge is 0.132 e. The summed E-state index contributed by atoms with van der Waals surface area (Å²) in [5.41, 5.74) is 7.00. The molecular weight excluding hydrogens is 466 g/mol. The van der Waals surface area contributed by atoms with E-state index in [0.29, 0.717) is 0 Å². The van der Waals surface area contributed by atoms with E-state index in [1.807, 2.05) is 36.4 Å². The van der Waals surface area contributed by atoms with Gasteiger partial charge in [-0.25, -0.2) is 9.97 Å². The van der Waals surface area contributed by atoms with Gasteiger partial charge in [0.2, 0.25) is 0 Å². The molecule has 3 nitrogen and oxygen atoms in total. The van der Waals surface area contributed by atoms with Crippen molar-refractivity contribution in [2.24, 2.45) is 0 Å². The van der Waals surface area contributed by atoms with E-state index in [0.717, 1.165) is 34.2 Å². The molecule has 35 heavy (non-hydrogen) atoms. The highest BCUT2D eigenvalue weighted by atomic mass is 32.8. The number of hydrogen-bond donors (Lipinski definition) is 1. The summed E-state index contributed by atoms with van der Waals surface area (Å²) in [6, 6.07) is 29.4. The van der Waals surface area contributed by atoms with E-state index in [9.17, 15) is 0 Å². The maximum Gasteiger partial charge on any atom is 0.132 e. The fourth-order valence-electron chi connectivity index (χ4n) is 3.74. The molecule has 4 rings (SSSR count). The molecule has 0 aliphatic carbocycles. The van der Waals surface area contributed by atoms with Gasteiger partial charge in [0.15, 0.2) is 0 Å². The number of anilines is 2. The van der Waals surface area contributed by atoms with Gasteiger partial charge in [-0.2, -0.15) is 0 Å². The molecule has 180 valence electrons. The largest absolute Gasteiger partial charge is 0.325 e. The van der Waals surface area contributed by atoms with Gasteiger partial charge in [-0.3, -0.25) is 0 Å². The number of aromatic nitrogens is 2. The first-order valence-corrected chi connectivity index (χ1v) is 13.0. The van der Waals surface area contributed by atoms with E-state index in [-0.39, 0.29) is 10.8 Å². The Kier molecular flexibility index (Phi) is 8.47. The van der Waals surface area contributed by atoms with Crippen molar-refractivity contribution < 1.29 is 0 Å². The zero-order chi connectivity index (χ0) is 25.6. The summed E-state index contributed by atoms with van der Waals surface area (Å²) in [6.07, 6.45) is 0. The van der Waals surface area contributed by atoms with Crippen molar-refractivity contribution in [2.75, 3.05) is 5.32 Å². The van der Waals surface area contributed by atoms with Gasteiger partial charge in [0.25, 0.3) is 0 Å². The minimum atomic E-state index is 0.138. The van der Waals surface area contributed by atoms with Gasteiger partial charge in [0.1, 0.15) is 11.6 Å². The number of benzene rings is 2. The summed E-state index contributed by atoms with van der Waals surface area (Å²) in [4.78, 5) is 9.64. The van der Waals surface area contributed by atoms with E-state index < -0.39 is 0 Å². The highest BCUT2D eigenvalue weighted by molar-refractivity contribution is 8.07. The summed E-state index contributed by atoms with van der Waals surface area (Å²) in [7, 11) is 0. The summed E-state index contributed by atoms with van der Waals surface area (Å²) in [5.74, 6) is 1.56. The second kappa shape index (κ2) is 11.1. The predicted molar refractivity (Wildman–Crippen MR) is 155 cm³/mol. The molecule has 0 fully saturated rings. The Morgan fingerprint density at radius 2 is 0.857 bits per heavy atom. The summed E-state index contributed by atoms with van der Waals surface area (Å²) in [6.45, 7) is 13.4. The molecule has 5 heteroatoms. The molecular formula is C30H33N3S2. The first-order chi connectivity index (χ1) is 16.6. The number of pyridine rings is 2. The number of nitrogens with one attached hydrogen (secondary N) is 1. The quantitative estimate of drug-likeness (QED) is 0.307. The van der Waals surface area contributed by atoms with Crippen LogP contribution >= 0.6 is 0 Å². The molecule has 0 amide bonds. The second-order valence-electron chi connectivity index (χ2n) is 10.6. The number of nitrogens with zero attached hydrogens (tertiary/aromatic N) is 2. The molecule has 0 bridgehead atoms. The Morgan fingerprint density at radius 3 is 1.17 bits per heavy atom. The molecule has 1 N–H and O–H groups in total. The molecule has 0 aliphatic heterocycles. The van der Waals surface area contributed by atoms with Crippen molar-refractivity contribution in [1.82, 2.24) is 9.97 Å². The average molecular weight is 500 g/mol. The van der Waals surface area contributed by atoms with Crippen LogP contribution in [0.2, 0.25) is 0 Å². The minimum absolute atomic E-state index is 0.138. The van der Waals surface area contributed by atoms with Gasteiger partial charge < -0.3 is 5.32 Å². The molecule has 2 heterocycles. The van der Waals surface area contributed by atoms with E-state index in [4.69, 9.17) is 9.97 Å². The van der Waals surface area contributed by atoms with E-state index in [1.54, 1.807) is 0 Å². The monoisotopic (exact) mass is 499 g/mol. The maximum absolute atomic E-state index is 4.82. The van der Waals surface area contributed by atoms with Crippen LogP contribution in [-0.2, 0) is 33.2 Å². The van der Waals surface area contributed by atoms with Crippen molar-refractivity contribution in [1.29, 1.82) is 0 Å². The van der Waals surface area contributed by atoms with Crippen molar-refractivity contribution >= 4 is 34.0 Å². The molecule has 2 aromatic heterocycles. The van der Waals surface area contributed by atoms with E-state index in [2.05, 4.69) is 118 Å². The normalized spacial score (nSPS) is 11.4. The Hall–Kier alpha value is -3.02. The lowest BCUT2D eigenvalue weighted by atomic mass is 9.86. The highest BCUT2D eigenvalue weighted by Gasteiger charge is 2.14. The molecule has 0 saturated carbocycles. The third kappa shape index (κ3) is 7.00. The highest BCUT2D eigenvalue weighted by Crippen LogP contribution is 2.28. The van der Waals surface area contributed by atoms with Crippen LogP contribution in [0.3, 0.4) is 0 Å². The lowest BCUT2D eigenvalue weighted by molar-refractivity contribution is 0.590. The molecule has 0 atom stereocenters. The average Bonchev–Trinajstić information content (AvgIpc) is 2.85. The number of rotatable bonds is 4. The zero-order valence-corrected chi connectivity index (χ0v) is 22.9. The molecule has 0 spiro atoms. The van der Waals surface area contributed by atoms with Crippen LogP contribution < -0.4 is 5.32 Å². The van der Waals surface area contributed by atoms with Crippen LogP contribution in [0.15, 0.2) is 84.9 Å². The first-order valence-electron chi connectivity index (χ1n) is 11.7. The topological polar surface area (TPSA) is 37.8 Å². The van der Waals surface area contributed by atoms with Crippen LogP contribution in [0.25, 0.3) is 22.5 Å². The number of hydrogen-bond acceptors (Lipinski definition) is 5. The van der Waals surface area contributed by atoms with Crippen LogP contribution in [0.4, 0.5) is 11.6 Å². The van der Waals surface area contributed by atoms with Gasteiger partial charge in [0, 0.05) is 33.5 Å². The van der Waals surface area contributed by atoms with Crippen molar-refractivity contribution in [3.05, 3.63) is 96.1 Å². The molecule has 0 aliphatic rings. The van der Waals surface area contributed by atoms with Crippen molar-refractivity contribution in [3.63, 3.8) is 0 Å². The SMILES string of the molecule is CC(C)(C)c1ccc(-c2cccc(Nc3cccc(-c4ccc(C(C)(C)C)cc4)n3)n2)cc1.S=S. The van der Waals surface area contributed by atoms with Gasteiger partial charge in [-0.1, -0.05) is 102 Å². The van der Waals surface area contributed by atoms with Crippen LogP contribution in [-0.4, -0.2) is 9.97 Å². The Balaban J connectivity index is 0.00000167. The Morgan fingerprint density at radius 1 is 0.514 bits per heavy atom. The molecule has 4 aromatic rings. The Bertz CT molecular complexity index is 1150. The summed E-state index contributed by atoms with van der Waals surface area (Å²) in [5, 5.41) is 3.37. The van der Waals surface area contributed by atoms with Gasteiger partial charge in [-0.15, -0.1) is 0 Å². The predicted octanol–water partition coefficient (Wildman–Crippen LogP) is 8.14. The molecule has 2 aromatic carbocycles. The van der Waals surface area contributed by atoms with E-state index in [1.165, 1.54) is 11.1 Å². The Labute approximate surface area is 219 Å². The maximum atomic E-state index is 4.82. The third-order valence-electron chi connectivity index (χ3n) is 5.85. The van der Waals surface area contributed by atoms with Crippen molar-refractivity contribution in [3.8, 4) is 22.5 Å². The fraction of sp³-hybridized carbons (Fsp3) is 0.267. The standard InChI is InChI=1S/C30H33N3.S2/c1-29(2,3)23-17-13-21(14-18-23)25-9-7-11-27(31-25)33-28-12-8-10-26(32-28)22-15-19-24(20-16-22)30(4,5)6;1-2/h7-20H,1-6H3,(H,31,32,33);. The van der Waals surface area contributed by atoms with Crippen LogP contribution in [0, 0.1) is 0 Å². The van der Waals surface area contributed by atoms with Gasteiger partial charge >= 0.3 is 0 Å². The third-order valence-corrected chi connectivity index (χ3v) is 5.85. The summed E-state index contributed by atoms with van der Waals surface area (Å²) < 4.78 is 0. The van der Waals surface area contributed by atoms with Gasteiger partial charge in [0.05, 0.1) is 11.4 Å². The molecule has 0 radical (unpaired) electrons. The first kappa shape index (κ1) is 26.6. The van der Waals surface area contributed by atoms with Crippen LogP contribution in [0.1, 0.15) is 52.7 Å².